The highest BCUT2D eigenvalue weighted by Gasteiger charge is 2.33. The predicted molar refractivity (Wildman–Crippen MR) is 72.2 cm³/mol. The molecule has 6 nitrogen and oxygen atoms in total. The van der Waals surface area contributed by atoms with Crippen molar-refractivity contribution in [3.63, 3.8) is 0 Å². The largest absolute Gasteiger partial charge is 0.367 e. The summed E-state index contributed by atoms with van der Waals surface area (Å²) in [6.07, 6.45) is 6.19. The first-order chi connectivity index (χ1) is 9.11. The molecule has 2 bridgehead atoms. The maximum atomic E-state index is 10.9. The monoisotopic (exact) mass is 262 g/mol. The van der Waals surface area contributed by atoms with Crippen molar-refractivity contribution in [3.8, 4) is 0 Å². The summed E-state index contributed by atoms with van der Waals surface area (Å²) in [6, 6.07) is 3.10. The van der Waals surface area contributed by atoms with Gasteiger partial charge in [0.1, 0.15) is 5.82 Å². The van der Waals surface area contributed by atoms with Gasteiger partial charge in [0.15, 0.2) is 0 Å². The topological polar surface area (TPSA) is 80.1 Å². The van der Waals surface area contributed by atoms with E-state index in [1.54, 1.807) is 19.2 Å². The molecule has 1 aromatic rings. The van der Waals surface area contributed by atoms with Crippen molar-refractivity contribution >= 4 is 11.5 Å². The van der Waals surface area contributed by atoms with Crippen molar-refractivity contribution in [2.45, 2.75) is 50.7 Å². The molecule has 0 amide bonds. The zero-order valence-corrected chi connectivity index (χ0v) is 10.9. The summed E-state index contributed by atoms with van der Waals surface area (Å²) in [4.78, 5) is 14.8. The highest BCUT2D eigenvalue weighted by Crippen LogP contribution is 2.29. The molecule has 0 aromatic carbocycles. The van der Waals surface area contributed by atoms with E-state index >= 15 is 0 Å². The zero-order valence-electron chi connectivity index (χ0n) is 10.9. The van der Waals surface area contributed by atoms with Gasteiger partial charge in [0.2, 0.25) is 0 Å². The van der Waals surface area contributed by atoms with Gasteiger partial charge >= 0.3 is 0 Å². The van der Waals surface area contributed by atoms with Crippen molar-refractivity contribution in [2.75, 3.05) is 5.32 Å². The number of nitrogens with one attached hydrogen (secondary N) is 2. The zero-order chi connectivity index (χ0) is 13.4. The number of piperidine rings is 1. The fourth-order valence-corrected chi connectivity index (χ4v) is 3.17. The minimum atomic E-state index is -0.353. The predicted octanol–water partition coefficient (Wildman–Crippen LogP) is 1.99. The molecule has 19 heavy (non-hydrogen) atoms. The second-order valence-electron chi connectivity index (χ2n) is 5.56. The Balaban J connectivity index is 1.73. The minimum Gasteiger partial charge on any atom is -0.367 e. The molecule has 3 heterocycles. The van der Waals surface area contributed by atoms with Crippen molar-refractivity contribution in [1.29, 1.82) is 0 Å². The first kappa shape index (κ1) is 12.3. The van der Waals surface area contributed by atoms with E-state index in [2.05, 4.69) is 15.6 Å². The molecule has 0 aliphatic carbocycles. The Bertz CT molecular complexity index is 493. The summed E-state index contributed by atoms with van der Waals surface area (Å²) in [5.74, 6) is 0.614. The Morgan fingerprint density at radius 3 is 2.74 bits per heavy atom. The van der Waals surface area contributed by atoms with Gasteiger partial charge in [0, 0.05) is 29.9 Å². The summed E-state index contributed by atoms with van der Waals surface area (Å²) in [5.41, 5.74) is 0.732. The molecule has 2 aliphatic rings. The van der Waals surface area contributed by atoms with E-state index in [1.807, 2.05) is 0 Å². The van der Waals surface area contributed by atoms with E-state index in [4.69, 9.17) is 0 Å². The third-order valence-electron chi connectivity index (χ3n) is 4.10. The normalized spacial score (nSPS) is 29.2. The molecule has 2 fully saturated rings. The van der Waals surface area contributed by atoms with E-state index in [9.17, 15) is 10.1 Å². The molecule has 0 spiro atoms. The summed E-state index contributed by atoms with van der Waals surface area (Å²) >= 11 is 0. The van der Waals surface area contributed by atoms with Crippen LogP contribution in [0.5, 0.6) is 0 Å². The van der Waals surface area contributed by atoms with Crippen LogP contribution >= 0.6 is 0 Å². The van der Waals surface area contributed by atoms with Crippen molar-refractivity contribution in [2.24, 2.45) is 0 Å². The van der Waals surface area contributed by atoms with Crippen LogP contribution in [0.1, 0.15) is 31.2 Å². The van der Waals surface area contributed by atoms with Gasteiger partial charge in [-0.15, -0.1) is 0 Å². The number of pyridine rings is 1. The van der Waals surface area contributed by atoms with Crippen LogP contribution in [-0.4, -0.2) is 28.0 Å². The van der Waals surface area contributed by atoms with Gasteiger partial charge in [-0.05, 0) is 32.6 Å². The molecule has 2 unspecified atom stereocenters. The lowest BCUT2D eigenvalue weighted by Gasteiger charge is -2.30. The maximum Gasteiger partial charge on any atom is 0.277 e. The number of hydrogen-bond acceptors (Lipinski definition) is 5. The Morgan fingerprint density at radius 2 is 2.11 bits per heavy atom. The fourth-order valence-electron chi connectivity index (χ4n) is 3.17. The smallest absolute Gasteiger partial charge is 0.277 e. The van der Waals surface area contributed by atoms with Crippen LogP contribution in [0.2, 0.25) is 0 Å². The highest BCUT2D eigenvalue weighted by atomic mass is 16.6. The summed E-state index contributed by atoms with van der Waals surface area (Å²) in [7, 11) is 0. The van der Waals surface area contributed by atoms with Crippen LogP contribution in [0.3, 0.4) is 0 Å². The molecule has 102 valence electrons. The first-order valence-corrected chi connectivity index (χ1v) is 6.75. The summed E-state index contributed by atoms with van der Waals surface area (Å²) < 4.78 is 0. The Hall–Kier alpha value is -1.69. The Labute approximate surface area is 111 Å². The molecule has 3 rings (SSSR count). The van der Waals surface area contributed by atoms with Gasteiger partial charge in [0.05, 0.1) is 11.0 Å². The van der Waals surface area contributed by atoms with Crippen molar-refractivity contribution < 1.29 is 4.92 Å². The molecule has 2 atom stereocenters. The van der Waals surface area contributed by atoms with Crippen molar-refractivity contribution in [1.82, 2.24) is 10.3 Å². The van der Waals surface area contributed by atoms with Crippen LogP contribution in [0.15, 0.2) is 12.3 Å². The van der Waals surface area contributed by atoms with Gasteiger partial charge in [-0.2, -0.15) is 0 Å². The molecule has 0 saturated carbocycles. The number of hydrogen-bond donors (Lipinski definition) is 2. The molecule has 2 aliphatic heterocycles. The van der Waals surface area contributed by atoms with Gasteiger partial charge in [-0.25, -0.2) is 4.98 Å². The van der Waals surface area contributed by atoms with E-state index in [1.165, 1.54) is 12.8 Å². The first-order valence-electron chi connectivity index (χ1n) is 6.75. The van der Waals surface area contributed by atoms with E-state index in [0.717, 1.165) is 12.8 Å². The van der Waals surface area contributed by atoms with Crippen LogP contribution in [0, 0.1) is 17.0 Å². The second-order valence-corrected chi connectivity index (χ2v) is 5.56. The van der Waals surface area contributed by atoms with E-state index in [-0.39, 0.29) is 10.6 Å². The van der Waals surface area contributed by atoms with Crippen LogP contribution in [0.4, 0.5) is 11.5 Å². The minimum absolute atomic E-state index is 0.134. The van der Waals surface area contributed by atoms with Crippen LogP contribution in [0.25, 0.3) is 0 Å². The number of fused-ring (bicyclic) bond motifs is 2. The molecule has 2 saturated heterocycles. The fraction of sp³-hybridized carbons (Fsp3) is 0.615. The van der Waals surface area contributed by atoms with Crippen molar-refractivity contribution in [3.05, 3.63) is 27.9 Å². The average molecular weight is 262 g/mol. The van der Waals surface area contributed by atoms with E-state index < -0.39 is 0 Å². The number of nitro groups is 1. The molecule has 1 aromatic heterocycles. The quantitative estimate of drug-likeness (QED) is 0.643. The number of nitrogens with zero attached hydrogens (tertiary/aromatic N) is 2. The number of anilines is 1. The standard InChI is InChI=1S/C13H18N4O2/c1-8-7-14-13(6-12(8)17(18)19)16-11-4-9-2-3-10(5-11)15-9/h6-7,9-11,15H,2-5H2,1H3,(H,14,16). The van der Waals surface area contributed by atoms with E-state index in [0.29, 0.717) is 29.5 Å². The van der Waals surface area contributed by atoms with Crippen LogP contribution < -0.4 is 10.6 Å². The number of rotatable bonds is 3. The maximum absolute atomic E-state index is 10.9. The van der Waals surface area contributed by atoms with Gasteiger partial charge in [0.25, 0.3) is 5.69 Å². The highest BCUT2D eigenvalue weighted by molar-refractivity contribution is 5.49. The third-order valence-corrected chi connectivity index (χ3v) is 4.10. The molecule has 0 radical (unpaired) electrons. The SMILES string of the molecule is Cc1cnc(NC2CC3CCC(C2)N3)cc1[N+](=O)[O-]. The Kier molecular flexibility index (Phi) is 3.10. The molecular weight excluding hydrogens is 244 g/mol. The lowest BCUT2D eigenvalue weighted by atomic mass is 10.00. The Morgan fingerprint density at radius 1 is 1.42 bits per heavy atom. The van der Waals surface area contributed by atoms with Crippen LogP contribution in [-0.2, 0) is 0 Å². The van der Waals surface area contributed by atoms with Gasteiger partial charge in [-0.3, -0.25) is 10.1 Å². The molecule has 2 N–H and O–H groups in total. The van der Waals surface area contributed by atoms with Gasteiger partial charge < -0.3 is 10.6 Å². The average Bonchev–Trinajstić information content (AvgIpc) is 2.71. The summed E-state index contributed by atoms with van der Waals surface area (Å²) in [6.45, 7) is 1.71. The summed E-state index contributed by atoms with van der Waals surface area (Å²) in [5, 5.41) is 17.8. The third kappa shape index (κ3) is 2.53. The second kappa shape index (κ2) is 4.77. The lowest BCUT2D eigenvalue weighted by Crippen LogP contribution is -2.43. The lowest BCUT2D eigenvalue weighted by molar-refractivity contribution is -0.385. The number of aromatic nitrogens is 1. The molecular formula is C13H18N4O2. The van der Waals surface area contributed by atoms with Gasteiger partial charge in [-0.1, -0.05) is 0 Å². The molecule has 6 heteroatoms. The number of aryl methyl sites for hydroxylation is 1.